The van der Waals surface area contributed by atoms with Crippen LogP contribution in [0.2, 0.25) is 0 Å². The zero-order valence-electron chi connectivity index (χ0n) is 21.5. The van der Waals surface area contributed by atoms with E-state index in [0.717, 1.165) is 38.5 Å². The molecular weight excluding hydrogens is 481 g/mol. The molecule has 0 rings (SSSR count). The van der Waals surface area contributed by atoms with Crippen molar-refractivity contribution in [3.8, 4) is 0 Å². The molecule has 0 heterocycles. The van der Waals surface area contributed by atoms with E-state index in [2.05, 4.69) is 76.7 Å². The Morgan fingerprint density at radius 2 is 1.28 bits per heavy atom. The van der Waals surface area contributed by atoms with Gasteiger partial charge in [-0.2, -0.15) is 0 Å². The molecule has 0 saturated heterocycles. The number of carbonyl (C=O) groups is 1. The number of aliphatic hydroxyl groups excluding tert-OH is 1. The highest BCUT2D eigenvalue weighted by atomic mass is 31.2. The molecule has 0 aliphatic rings. The molecule has 4 N–H and O–H groups in total. The third kappa shape index (κ3) is 25.0. The second-order valence-electron chi connectivity index (χ2n) is 7.68. The number of nitrogens with two attached hydrogens (primary N) is 1. The third-order valence-electron chi connectivity index (χ3n) is 4.35. The Hall–Kier alpha value is -2.06. The van der Waals surface area contributed by atoms with Gasteiger partial charge in [-0.3, -0.25) is 13.8 Å². The van der Waals surface area contributed by atoms with Gasteiger partial charge < -0.3 is 20.5 Å². The highest BCUT2D eigenvalue weighted by Crippen LogP contribution is 2.42. The van der Waals surface area contributed by atoms with Crippen LogP contribution in [0.25, 0.3) is 0 Å². The van der Waals surface area contributed by atoms with Crippen molar-refractivity contribution in [2.24, 2.45) is 5.73 Å². The molecule has 0 radical (unpaired) electrons. The van der Waals surface area contributed by atoms with E-state index < -0.39 is 26.5 Å². The van der Waals surface area contributed by atoms with Crippen LogP contribution in [-0.2, 0) is 23.1 Å². The number of hydrogen-bond acceptors (Lipinski definition) is 7. The summed E-state index contributed by atoms with van der Waals surface area (Å²) in [4.78, 5) is 21.0. The van der Waals surface area contributed by atoms with Crippen molar-refractivity contribution in [2.75, 3.05) is 26.4 Å². The fourth-order valence-corrected chi connectivity index (χ4v) is 3.31. The van der Waals surface area contributed by atoms with Crippen molar-refractivity contribution in [1.82, 2.24) is 0 Å². The molecule has 36 heavy (non-hydrogen) atoms. The lowest BCUT2D eigenvalue weighted by molar-refractivity contribution is -0.147. The number of phosphoric ester groups is 1. The molecule has 0 aliphatic carbocycles. The Bertz CT molecular complexity index is 772. The third-order valence-corrected chi connectivity index (χ3v) is 5.33. The number of hydrogen-bond donors (Lipinski definition) is 3. The van der Waals surface area contributed by atoms with Gasteiger partial charge in [0, 0.05) is 13.0 Å². The van der Waals surface area contributed by atoms with Gasteiger partial charge in [-0.15, -0.1) is 0 Å². The lowest BCUT2D eigenvalue weighted by Crippen LogP contribution is -2.23. The fraction of sp³-hybridized carbons (Fsp3) is 0.519. The summed E-state index contributed by atoms with van der Waals surface area (Å²) < 4.78 is 25.5. The molecule has 1 unspecified atom stereocenters. The second kappa shape index (κ2) is 24.6. The number of rotatable bonds is 22. The molecule has 9 heteroatoms. The van der Waals surface area contributed by atoms with Crippen molar-refractivity contribution in [1.29, 1.82) is 0 Å². The van der Waals surface area contributed by atoms with Gasteiger partial charge in [0.1, 0.15) is 12.7 Å². The molecule has 0 saturated carbocycles. The first-order valence-corrected chi connectivity index (χ1v) is 14.0. The van der Waals surface area contributed by atoms with Crippen LogP contribution in [0.5, 0.6) is 0 Å². The van der Waals surface area contributed by atoms with Crippen LogP contribution < -0.4 is 5.73 Å². The van der Waals surface area contributed by atoms with Gasteiger partial charge in [0.25, 0.3) is 0 Å². The first kappa shape index (κ1) is 33.9. The fourth-order valence-electron chi connectivity index (χ4n) is 2.54. The minimum atomic E-state index is -4.27. The number of esters is 1. The highest BCUT2D eigenvalue weighted by Gasteiger charge is 2.22. The maximum atomic E-state index is 11.7. The summed E-state index contributed by atoms with van der Waals surface area (Å²) >= 11 is 0. The molecule has 0 aromatic rings. The van der Waals surface area contributed by atoms with Crippen molar-refractivity contribution in [3.63, 3.8) is 0 Å². The lowest BCUT2D eigenvalue weighted by Gasteiger charge is -2.15. The van der Waals surface area contributed by atoms with E-state index in [0.29, 0.717) is 6.42 Å². The highest BCUT2D eigenvalue weighted by molar-refractivity contribution is 7.47. The number of allylic oxidation sites excluding steroid dienone is 12. The molecule has 0 aromatic heterocycles. The first-order chi connectivity index (χ1) is 17.4. The summed E-state index contributed by atoms with van der Waals surface area (Å²) in [5.41, 5.74) is 5.16. The summed E-state index contributed by atoms with van der Waals surface area (Å²) in [7, 11) is -4.27. The quantitative estimate of drug-likeness (QED) is 0.0966. The van der Waals surface area contributed by atoms with Gasteiger partial charge in [0.05, 0.1) is 13.2 Å². The summed E-state index contributed by atoms with van der Waals surface area (Å²) in [5.74, 6) is -0.472. The molecule has 0 amide bonds. The van der Waals surface area contributed by atoms with E-state index in [-0.39, 0.29) is 26.2 Å². The number of phosphoric acid groups is 1. The number of aliphatic hydroxyl groups is 1. The van der Waals surface area contributed by atoms with Crippen molar-refractivity contribution < 1.29 is 33.1 Å². The Labute approximate surface area is 216 Å². The summed E-state index contributed by atoms with van der Waals surface area (Å²) in [6.45, 7) is 1.21. The molecule has 0 fully saturated rings. The van der Waals surface area contributed by atoms with Gasteiger partial charge in [0.15, 0.2) is 0 Å². The monoisotopic (exact) mass is 525 g/mol. The van der Waals surface area contributed by atoms with Crippen molar-refractivity contribution >= 4 is 13.8 Å². The van der Waals surface area contributed by atoms with E-state index >= 15 is 0 Å². The van der Waals surface area contributed by atoms with Gasteiger partial charge >= 0.3 is 13.8 Å². The van der Waals surface area contributed by atoms with Gasteiger partial charge in [-0.1, -0.05) is 79.8 Å². The number of ether oxygens (including phenoxy) is 1. The summed E-state index contributed by atoms with van der Waals surface area (Å²) in [5, 5.41) is 9.67. The molecule has 0 bridgehead atoms. The van der Waals surface area contributed by atoms with Gasteiger partial charge in [0.2, 0.25) is 0 Å². The topological polar surface area (TPSA) is 128 Å². The molecular formula is C27H44NO7P. The number of carbonyl (C=O) groups excluding carboxylic acids is 1. The Kier molecular flexibility index (Phi) is 23.2. The van der Waals surface area contributed by atoms with E-state index in [4.69, 9.17) is 10.5 Å². The molecule has 0 spiro atoms. The van der Waals surface area contributed by atoms with E-state index in [9.17, 15) is 19.4 Å². The Morgan fingerprint density at radius 1 is 0.806 bits per heavy atom. The van der Waals surface area contributed by atoms with E-state index in [1.165, 1.54) is 0 Å². The maximum absolute atomic E-state index is 11.7. The molecule has 0 aliphatic heterocycles. The predicted molar refractivity (Wildman–Crippen MR) is 145 cm³/mol. The van der Waals surface area contributed by atoms with Crippen LogP contribution in [0.4, 0.5) is 0 Å². The smallest absolute Gasteiger partial charge is 0.463 e. The minimum Gasteiger partial charge on any atom is -0.463 e. The van der Waals surface area contributed by atoms with Crippen LogP contribution in [0, 0.1) is 0 Å². The van der Waals surface area contributed by atoms with Gasteiger partial charge in [-0.05, 0) is 44.9 Å². The Morgan fingerprint density at radius 3 is 1.75 bits per heavy atom. The zero-order valence-corrected chi connectivity index (χ0v) is 22.3. The molecule has 2 atom stereocenters. The maximum Gasteiger partial charge on any atom is 0.472 e. The largest absolute Gasteiger partial charge is 0.472 e. The standard InChI is InChI=1S/C27H44NO7P/c1-2-3-4-5-6-7-8-9-10-11-12-13-14-15-16-17-18-19-20-21-27(30)33-24-26(29)25-35-36(31,32)34-23-22-28/h3-4,6-7,9-10,12-13,15-16,18-19,26,29H,2,5,8,11,14,17,20-25,28H2,1H3,(H,31,32)/b4-3-,7-6-,10-9-,13-12-,16-15-,19-18-/t26-/m1/s1. The average molecular weight is 526 g/mol. The van der Waals surface area contributed by atoms with Crippen molar-refractivity contribution in [2.45, 2.75) is 64.4 Å². The second-order valence-corrected chi connectivity index (χ2v) is 9.13. The normalized spacial score (nSPS) is 15.3. The van der Waals surface area contributed by atoms with Crippen molar-refractivity contribution in [3.05, 3.63) is 72.9 Å². The van der Waals surface area contributed by atoms with Crippen LogP contribution in [0.3, 0.4) is 0 Å². The van der Waals surface area contributed by atoms with Crippen LogP contribution in [-0.4, -0.2) is 48.4 Å². The Balaban J connectivity index is 3.74. The zero-order chi connectivity index (χ0) is 26.7. The van der Waals surface area contributed by atoms with Crippen LogP contribution in [0.15, 0.2) is 72.9 Å². The summed E-state index contributed by atoms with van der Waals surface area (Å²) in [6.07, 6.45) is 30.5. The summed E-state index contributed by atoms with van der Waals surface area (Å²) in [6, 6.07) is 0. The minimum absolute atomic E-state index is 0.0604. The van der Waals surface area contributed by atoms with E-state index in [1.807, 2.05) is 12.2 Å². The molecule has 8 nitrogen and oxygen atoms in total. The van der Waals surface area contributed by atoms with Gasteiger partial charge in [-0.25, -0.2) is 4.57 Å². The lowest BCUT2D eigenvalue weighted by atomic mass is 10.2. The SMILES string of the molecule is CC/C=C\C/C=C\C/C=C\C/C=C\C/C=C\C/C=C\CCC(=O)OC[C@@H](O)COP(=O)(O)OCCN. The van der Waals surface area contributed by atoms with E-state index in [1.54, 1.807) is 0 Å². The first-order valence-electron chi connectivity index (χ1n) is 12.5. The molecule has 204 valence electrons. The molecule has 0 aromatic carbocycles. The predicted octanol–water partition coefficient (Wildman–Crippen LogP) is 5.46. The van der Waals surface area contributed by atoms with Crippen LogP contribution in [0.1, 0.15) is 58.3 Å². The average Bonchev–Trinajstić information content (AvgIpc) is 2.86. The van der Waals surface area contributed by atoms with Crippen LogP contribution >= 0.6 is 7.82 Å².